The summed E-state index contributed by atoms with van der Waals surface area (Å²) in [4.78, 5) is 1.45. The standard InChI is InChI=1S/C12H14F3N3O2/c13-12(14,15)8-3-6(1-2-7(8)11(16)17)18-4-9(19)10(20)5-18/h1-3,9-10,19-20H,4-5H2,(H3,16,17). The molecule has 0 aromatic heterocycles. The molecule has 0 amide bonds. The number of anilines is 1. The summed E-state index contributed by atoms with van der Waals surface area (Å²) < 4.78 is 38.9. The number of halogens is 3. The number of hydrogen-bond donors (Lipinski definition) is 4. The van der Waals surface area contributed by atoms with E-state index < -0.39 is 29.8 Å². The summed E-state index contributed by atoms with van der Waals surface area (Å²) in [5.41, 5.74) is 3.98. The minimum absolute atomic E-state index is 0.0535. The van der Waals surface area contributed by atoms with Gasteiger partial charge in [-0.25, -0.2) is 0 Å². The number of nitrogens with one attached hydrogen (secondary N) is 1. The van der Waals surface area contributed by atoms with Crippen molar-refractivity contribution in [3.8, 4) is 0 Å². The molecule has 2 atom stereocenters. The zero-order valence-corrected chi connectivity index (χ0v) is 10.4. The third-order valence-corrected chi connectivity index (χ3v) is 3.22. The van der Waals surface area contributed by atoms with Gasteiger partial charge < -0.3 is 20.8 Å². The van der Waals surface area contributed by atoms with Crippen LogP contribution >= 0.6 is 0 Å². The van der Waals surface area contributed by atoms with Gasteiger partial charge in [0, 0.05) is 24.3 Å². The molecule has 1 heterocycles. The Morgan fingerprint density at radius 2 is 1.80 bits per heavy atom. The number of alkyl halides is 3. The Hall–Kier alpha value is -1.80. The van der Waals surface area contributed by atoms with E-state index in [-0.39, 0.29) is 24.3 Å². The molecular weight excluding hydrogens is 275 g/mol. The Balaban J connectivity index is 2.40. The highest BCUT2D eigenvalue weighted by Crippen LogP contribution is 2.35. The Labute approximate surface area is 112 Å². The topological polar surface area (TPSA) is 93.6 Å². The number of nitrogen functional groups attached to an aromatic ring is 1. The second-order valence-corrected chi connectivity index (χ2v) is 4.68. The third-order valence-electron chi connectivity index (χ3n) is 3.22. The lowest BCUT2D eigenvalue weighted by molar-refractivity contribution is -0.137. The van der Waals surface area contributed by atoms with Gasteiger partial charge in [-0.05, 0) is 18.2 Å². The predicted octanol–water partition coefficient (Wildman–Crippen LogP) is 0.531. The van der Waals surface area contributed by atoms with E-state index in [4.69, 9.17) is 11.1 Å². The number of amidine groups is 1. The van der Waals surface area contributed by atoms with Crippen LogP contribution in [0, 0.1) is 5.41 Å². The molecule has 5 N–H and O–H groups in total. The second-order valence-electron chi connectivity index (χ2n) is 4.68. The number of nitrogens with two attached hydrogens (primary N) is 1. The fourth-order valence-electron chi connectivity index (χ4n) is 2.18. The molecule has 110 valence electrons. The smallest absolute Gasteiger partial charge is 0.389 e. The Kier molecular flexibility index (Phi) is 3.61. The van der Waals surface area contributed by atoms with E-state index in [0.717, 1.165) is 12.1 Å². The largest absolute Gasteiger partial charge is 0.417 e. The first-order valence-electron chi connectivity index (χ1n) is 5.87. The van der Waals surface area contributed by atoms with Crippen LogP contribution in [0.4, 0.5) is 18.9 Å². The minimum atomic E-state index is -4.63. The van der Waals surface area contributed by atoms with Crippen molar-refractivity contribution in [2.45, 2.75) is 18.4 Å². The minimum Gasteiger partial charge on any atom is -0.389 e. The molecule has 1 aromatic rings. The molecule has 1 saturated heterocycles. The van der Waals surface area contributed by atoms with Crippen LogP contribution in [0.1, 0.15) is 11.1 Å². The molecule has 1 aromatic carbocycles. The Morgan fingerprint density at radius 1 is 1.25 bits per heavy atom. The van der Waals surface area contributed by atoms with Gasteiger partial charge in [0.05, 0.1) is 17.8 Å². The number of rotatable bonds is 2. The van der Waals surface area contributed by atoms with Crippen molar-refractivity contribution in [2.75, 3.05) is 18.0 Å². The average molecular weight is 289 g/mol. The van der Waals surface area contributed by atoms with Crippen LogP contribution in [0.2, 0.25) is 0 Å². The molecular formula is C12H14F3N3O2. The highest BCUT2D eigenvalue weighted by Gasteiger charge is 2.36. The van der Waals surface area contributed by atoms with Crippen LogP contribution in [-0.4, -0.2) is 41.3 Å². The van der Waals surface area contributed by atoms with Crippen molar-refractivity contribution in [1.29, 1.82) is 5.41 Å². The number of hydrogen-bond acceptors (Lipinski definition) is 4. The lowest BCUT2D eigenvalue weighted by Gasteiger charge is -2.20. The van der Waals surface area contributed by atoms with E-state index in [9.17, 15) is 23.4 Å². The fraction of sp³-hybridized carbons (Fsp3) is 0.417. The zero-order chi connectivity index (χ0) is 15.1. The van der Waals surface area contributed by atoms with E-state index in [1.165, 1.54) is 11.0 Å². The molecule has 1 fully saturated rings. The molecule has 20 heavy (non-hydrogen) atoms. The van der Waals surface area contributed by atoms with Crippen LogP contribution in [0.5, 0.6) is 0 Å². The predicted molar refractivity (Wildman–Crippen MR) is 66.7 cm³/mol. The molecule has 8 heteroatoms. The first-order chi connectivity index (χ1) is 9.20. The lowest BCUT2D eigenvalue weighted by atomic mass is 10.0. The van der Waals surface area contributed by atoms with E-state index in [0.29, 0.717) is 0 Å². The number of aliphatic hydroxyl groups is 2. The van der Waals surface area contributed by atoms with Crippen LogP contribution in [-0.2, 0) is 6.18 Å². The first-order valence-corrected chi connectivity index (χ1v) is 5.87. The summed E-state index contributed by atoms with van der Waals surface area (Å²) in [7, 11) is 0. The lowest BCUT2D eigenvalue weighted by Crippen LogP contribution is -2.23. The van der Waals surface area contributed by atoms with Crippen LogP contribution < -0.4 is 10.6 Å². The van der Waals surface area contributed by atoms with Crippen molar-refractivity contribution < 1.29 is 23.4 Å². The maximum absolute atomic E-state index is 13.0. The third kappa shape index (κ3) is 2.70. The molecule has 1 aliphatic heterocycles. The number of benzene rings is 1. The van der Waals surface area contributed by atoms with Gasteiger partial charge in [0.15, 0.2) is 0 Å². The first kappa shape index (κ1) is 14.6. The summed E-state index contributed by atoms with van der Waals surface area (Å²) in [5.74, 6) is -0.662. The van der Waals surface area contributed by atoms with Crippen LogP contribution in [0.3, 0.4) is 0 Å². The Bertz CT molecular complexity index is 523. The number of nitrogens with zero attached hydrogens (tertiary/aromatic N) is 1. The summed E-state index contributed by atoms with van der Waals surface area (Å²) in [6.45, 7) is 0.107. The quantitative estimate of drug-likeness (QED) is 0.472. The highest BCUT2D eigenvalue weighted by molar-refractivity contribution is 5.97. The monoisotopic (exact) mass is 289 g/mol. The van der Waals surface area contributed by atoms with E-state index in [2.05, 4.69) is 0 Å². The summed E-state index contributed by atoms with van der Waals surface area (Å²) in [6, 6.07) is 3.38. The molecule has 5 nitrogen and oxygen atoms in total. The molecule has 0 spiro atoms. The highest BCUT2D eigenvalue weighted by atomic mass is 19.4. The molecule has 0 aliphatic carbocycles. The molecule has 2 rings (SSSR count). The van der Waals surface area contributed by atoms with Gasteiger partial charge in [0.1, 0.15) is 5.84 Å². The van der Waals surface area contributed by atoms with Gasteiger partial charge in [0.25, 0.3) is 0 Å². The second kappa shape index (κ2) is 4.95. The van der Waals surface area contributed by atoms with E-state index in [1.807, 2.05) is 0 Å². The fourth-order valence-corrected chi connectivity index (χ4v) is 2.18. The number of β-amino-alcohol motifs (C(OH)–C–C–N with tert-alkyl or cyclic N) is 2. The van der Waals surface area contributed by atoms with Crippen LogP contribution in [0.15, 0.2) is 18.2 Å². The van der Waals surface area contributed by atoms with Crippen molar-refractivity contribution in [3.63, 3.8) is 0 Å². The molecule has 0 saturated carbocycles. The normalized spacial score (nSPS) is 23.1. The maximum atomic E-state index is 13.0. The average Bonchev–Trinajstić information content (AvgIpc) is 2.67. The van der Waals surface area contributed by atoms with E-state index >= 15 is 0 Å². The summed E-state index contributed by atoms with van der Waals surface area (Å²) in [5, 5.41) is 26.1. The van der Waals surface area contributed by atoms with Gasteiger partial charge in [0.2, 0.25) is 0 Å². The van der Waals surface area contributed by atoms with Gasteiger partial charge >= 0.3 is 6.18 Å². The van der Waals surface area contributed by atoms with Gasteiger partial charge in [-0.3, -0.25) is 5.41 Å². The SMILES string of the molecule is N=C(N)c1ccc(N2CC(O)C(O)C2)cc1C(F)(F)F. The summed E-state index contributed by atoms with van der Waals surface area (Å²) >= 11 is 0. The van der Waals surface area contributed by atoms with Gasteiger partial charge in [-0.2, -0.15) is 13.2 Å². The Morgan fingerprint density at radius 3 is 2.25 bits per heavy atom. The zero-order valence-electron chi connectivity index (χ0n) is 10.4. The van der Waals surface area contributed by atoms with Crippen LogP contribution in [0.25, 0.3) is 0 Å². The van der Waals surface area contributed by atoms with E-state index in [1.54, 1.807) is 0 Å². The van der Waals surface area contributed by atoms with Gasteiger partial charge in [-0.15, -0.1) is 0 Å². The van der Waals surface area contributed by atoms with Crippen molar-refractivity contribution in [3.05, 3.63) is 29.3 Å². The van der Waals surface area contributed by atoms with Crippen molar-refractivity contribution >= 4 is 11.5 Å². The molecule has 0 radical (unpaired) electrons. The summed E-state index contributed by atoms with van der Waals surface area (Å²) in [6.07, 6.45) is -6.61. The van der Waals surface area contributed by atoms with Crippen molar-refractivity contribution in [1.82, 2.24) is 0 Å². The molecule has 0 bridgehead atoms. The van der Waals surface area contributed by atoms with Crippen molar-refractivity contribution in [2.24, 2.45) is 5.73 Å². The number of aliphatic hydroxyl groups excluding tert-OH is 2. The molecule has 2 unspecified atom stereocenters. The maximum Gasteiger partial charge on any atom is 0.417 e. The molecule has 1 aliphatic rings. The van der Waals surface area contributed by atoms with Gasteiger partial charge in [-0.1, -0.05) is 0 Å².